The van der Waals surface area contributed by atoms with Crippen LogP contribution in [0.4, 0.5) is 0 Å². The lowest BCUT2D eigenvalue weighted by atomic mass is 9.94. The minimum Gasteiger partial charge on any atom is -0.451 e. The highest BCUT2D eigenvalue weighted by molar-refractivity contribution is 7.89. The molecule has 2 N–H and O–H groups in total. The molecule has 0 aliphatic carbocycles. The Hall–Kier alpha value is -3.17. The largest absolute Gasteiger partial charge is 0.451 e. The zero-order valence-corrected chi connectivity index (χ0v) is 19.6. The van der Waals surface area contributed by atoms with E-state index >= 15 is 0 Å². The zero-order chi connectivity index (χ0) is 23.8. The first-order valence-corrected chi connectivity index (χ1v) is 12.3. The molecule has 4 rings (SSSR count). The van der Waals surface area contributed by atoms with Gasteiger partial charge in [0.1, 0.15) is 5.58 Å². The summed E-state index contributed by atoms with van der Waals surface area (Å²) in [5.74, 6) is -0.591. The van der Waals surface area contributed by atoms with Crippen molar-refractivity contribution in [2.75, 3.05) is 13.1 Å². The van der Waals surface area contributed by atoms with Crippen LogP contribution in [0, 0.1) is 18.8 Å². The van der Waals surface area contributed by atoms with Crippen molar-refractivity contribution in [3.05, 3.63) is 65.4 Å². The van der Waals surface area contributed by atoms with E-state index in [1.165, 1.54) is 28.6 Å². The van der Waals surface area contributed by atoms with Gasteiger partial charge < -0.3 is 4.42 Å². The molecule has 1 saturated heterocycles. The second kappa shape index (κ2) is 8.99. The first kappa shape index (κ1) is 23.0. The molecule has 8 nitrogen and oxygen atoms in total. The molecule has 2 amide bonds. The summed E-state index contributed by atoms with van der Waals surface area (Å²) in [5, 5.41) is 0.813. The molecule has 33 heavy (non-hydrogen) atoms. The summed E-state index contributed by atoms with van der Waals surface area (Å²) in [6.45, 7) is 6.74. The Morgan fingerprint density at radius 1 is 0.970 bits per heavy atom. The van der Waals surface area contributed by atoms with Crippen molar-refractivity contribution >= 4 is 32.8 Å². The van der Waals surface area contributed by atoms with Crippen LogP contribution in [-0.2, 0) is 10.0 Å². The number of carbonyl (C=O) groups is 2. The SMILES string of the molecule is Cc1c(C(=O)NNC(=O)c2cccc(S(=O)(=O)N3CC(C)CC(C)C3)c2)oc2ccccc12. The maximum Gasteiger partial charge on any atom is 0.305 e. The number of hydrazine groups is 1. The standard InChI is InChI=1S/C24H27N3O5S/c1-15-11-16(2)14-27(13-15)33(30,31)19-8-6-7-18(12-19)23(28)25-26-24(29)22-17(3)20-9-4-5-10-21(20)32-22/h4-10,12,15-16H,11,13-14H2,1-3H3,(H,25,28)(H,26,29). The number of aryl methyl sites for hydroxylation is 1. The lowest BCUT2D eigenvalue weighted by Gasteiger charge is -2.34. The van der Waals surface area contributed by atoms with Crippen molar-refractivity contribution in [2.45, 2.75) is 32.1 Å². The van der Waals surface area contributed by atoms with Crippen LogP contribution in [-0.4, -0.2) is 37.6 Å². The van der Waals surface area contributed by atoms with Gasteiger partial charge >= 0.3 is 5.91 Å². The lowest BCUT2D eigenvalue weighted by Crippen LogP contribution is -2.43. The van der Waals surface area contributed by atoms with E-state index in [0.717, 1.165) is 11.8 Å². The van der Waals surface area contributed by atoms with Gasteiger partial charge in [0.2, 0.25) is 10.0 Å². The number of piperidine rings is 1. The number of benzene rings is 2. The molecule has 1 aliphatic heterocycles. The van der Waals surface area contributed by atoms with Gasteiger partial charge in [0.25, 0.3) is 5.91 Å². The van der Waals surface area contributed by atoms with Gasteiger partial charge in [-0.2, -0.15) is 4.31 Å². The van der Waals surface area contributed by atoms with Gasteiger partial charge in [-0.25, -0.2) is 8.42 Å². The number of hydrogen-bond donors (Lipinski definition) is 2. The van der Waals surface area contributed by atoms with E-state index in [-0.39, 0.29) is 28.1 Å². The van der Waals surface area contributed by atoms with Gasteiger partial charge in [-0.05, 0) is 49.4 Å². The lowest BCUT2D eigenvalue weighted by molar-refractivity contribution is 0.0831. The van der Waals surface area contributed by atoms with Gasteiger partial charge in [-0.3, -0.25) is 20.4 Å². The monoisotopic (exact) mass is 469 g/mol. The van der Waals surface area contributed by atoms with Crippen molar-refractivity contribution in [2.24, 2.45) is 11.8 Å². The summed E-state index contributed by atoms with van der Waals surface area (Å²) < 4.78 is 33.4. The third kappa shape index (κ3) is 4.65. The molecule has 9 heteroatoms. The van der Waals surface area contributed by atoms with Gasteiger partial charge in [0.15, 0.2) is 5.76 Å². The van der Waals surface area contributed by atoms with Crippen LogP contribution in [0.2, 0.25) is 0 Å². The Kier molecular flexibility index (Phi) is 6.27. The molecule has 0 spiro atoms. The van der Waals surface area contributed by atoms with E-state index in [1.807, 2.05) is 26.0 Å². The van der Waals surface area contributed by atoms with Gasteiger partial charge in [0, 0.05) is 29.6 Å². The van der Waals surface area contributed by atoms with Gasteiger partial charge in [0.05, 0.1) is 4.90 Å². The molecule has 0 bridgehead atoms. The predicted octanol–water partition coefficient (Wildman–Crippen LogP) is 3.48. The molecule has 0 saturated carbocycles. The molecule has 0 radical (unpaired) electrons. The first-order chi connectivity index (χ1) is 15.7. The topological polar surface area (TPSA) is 109 Å². The van der Waals surface area contributed by atoms with E-state index in [9.17, 15) is 18.0 Å². The van der Waals surface area contributed by atoms with Gasteiger partial charge in [-0.15, -0.1) is 0 Å². The van der Waals surface area contributed by atoms with Crippen LogP contribution in [0.3, 0.4) is 0 Å². The normalized spacial score (nSPS) is 19.4. The number of para-hydroxylation sites is 1. The molecule has 1 fully saturated rings. The number of carbonyl (C=O) groups excluding carboxylic acids is 2. The highest BCUT2D eigenvalue weighted by Gasteiger charge is 2.32. The fourth-order valence-corrected chi connectivity index (χ4v) is 6.11. The third-order valence-corrected chi connectivity index (χ3v) is 7.74. The second-order valence-electron chi connectivity index (χ2n) is 8.76. The number of fused-ring (bicyclic) bond motifs is 1. The fourth-order valence-electron chi connectivity index (χ4n) is 4.38. The molecular weight excluding hydrogens is 442 g/mol. The van der Waals surface area contributed by atoms with Crippen LogP contribution in [0.5, 0.6) is 0 Å². The number of hydrogen-bond acceptors (Lipinski definition) is 5. The summed E-state index contributed by atoms with van der Waals surface area (Å²) in [5.41, 5.74) is 6.03. The Labute approximate surface area is 193 Å². The Bertz CT molecular complexity index is 1300. The number of sulfonamides is 1. The van der Waals surface area contributed by atoms with Crippen LogP contribution >= 0.6 is 0 Å². The summed E-state index contributed by atoms with van der Waals surface area (Å²) in [6.07, 6.45) is 0.985. The van der Waals surface area contributed by atoms with Crippen LogP contribution in [0.1, 0.15) is 46.7 Å². The summed E-state index contributed by atoms with van der Waals surface area (Å²) in [4.78, 5) is 25.2. The molecule has 2 heterocycles. The maximum atomic E-state index is 13.1. The summed E-state index contributed by atoms with van der Waals surface area (Å²) >= 11 is 0. The van der Waals surface area contributed by atoms with Crippen LogP contribution < -0.4 is 10.9 Å². The van der Waals surface area contributed by atoms with E-state index < -0.39 is 21.8 Å². The first-order valence-electron chi connectivity index (χ1n) is 10.9. The fraction of sp³-hybridized carbons (Fsp3) is 0.333. The van der Waals surface area contributed by atoms with E-state index in [4.69, 9.17) is 4.42 Å². The van der Waals surface area contributed by atoms with Crippen molar-refractivity contribution in [1.82, 2.24) is 15.2 Å². The number of furan rings is 1. The van der Waals surface area contributed by atoms with E-state index in [1.54, 1.807) is 19.1 Å². The van der Waals surface area contributed by atoms with Crippen LogP contribution in [0.25, 0.3) is 11.0 Å². The summed E-state index contributed by atoms with van der Waals surface area (Å²) in [7, 11) is -3.73. The van der Waals surface area contributed by atoms with Crippen molar-refractivity contribution in [3.8, 4) is 0 Å². The Morgan fingerprint density at radius 2 is 1.64 bits per heavy atom. The number of amides is 2. The van der Waals surface area contributed by atoms with E-state index in [2.05, 4.69) is 10.9 Å². The maximum absolute atomic E-state index is 13.1. The molecule has 3 aromatic rings. The number of rotatable bonds is 4. The second-order valence-corrected chi connectivity index (χ2v) is 10.7. The summed E-state index contributed by atoms with van der Waals surface area (Å²) in [6, 6.07) is 13.1. The Balaban J connectivity index is 1.47. The molecule has 2 aromatic carbocycles. The quantitative estimate of drug-likeness (QED) is 0.569. The third-order valence-electron chi connectivity index (χ3n) is 5.91. The molecule has 1 aromatic heterocycles. The zero-order valence-electron chi connectivity index (χ0n) is 18.8. The molecule has 2 unspecified atom stereocenters. The smallest absolute Gasteiger partial charge is 0.305 e. The number of nitrogens with one attached hydrogen (secondary N) is 2. The highest BCUT2D eigenvalue weighted by atomic mass is 32.2. The number of nitrogens with zero attached hydrogens (tertiary/aromatic N) is 1. The minimum absolute atomic E-state index is 0.0518. The molecule has 174 valence electrons. The average Bonchev–Trinajstić information content (AvgIpc) is 3.13. The van der Waals surface area contributed by atoms with E-state index in [0.29, 0.717) is 24.2 Å². The molecule has 2 atom stereocenters. The Morgan fingerprint density at radius 3 is 2.33 bits per heavy atom. The van der Waals surface area contributed by atoms with Crippen molar-refractivity contribution in [1.29, 1.82) is 0 Å². The minimum atomic E-state index is -3.73. The van der Waals surface area contributed by atoms with Crippen LogP contribution in [0.15, 0.2) is 57.8 Å². The van der Waals surface area contributed by atoms with Crippen molar-refractivity contribution < 1.29 is 22.4 Å². The van der Waals surface area contributed by atoms with Gasteiger partial charge in [-0.1, -0.05) is 38.1 Å². The predicted molar refractivity (Wildman–Crippen MR) is 124 cm³/mol. The molecule has 1 aliphatic rings. The highest BCUT2D eigenvalue weighted by Crippen LogP contribution is 2.27. The molecular formula is C24H27N3O5S. The van der Waals surface area contributed by atoms with Crippen molar-refractivity contribution in [3.63, 3.8) is 0 Å². The average molecular weight is 470 g/mol.